The first-order valence-corrected chi connectivity index (χ1v) is 6.51. The Balaban J connectivity index is 2.01. The first kappa shape index (κ1) is 14.0. The Labute approximate surface area is 114 Å². The van der Waals surface area contributed by atoms with Gasteiger partial charge in [0.1, 0.15) is 0 Å². The number of rotatable bonds is 6. The fourth-order valence-corrected chi connectivity index (χ4v) is 2.23. The minimum absolute atomic E-state index is 0.140. The van der Waals surface area contributed by atoms with Gasteiger partial charge >= 0.3 is 0 Å². The van der Waals surface area contributed by atoms with Crippen LogP contribution >= 0.6 is 0 Å². The molecule has 1 unspecified atom stereocenters. The second kappa shape index (κ2) is 6.66. The second-order valence-electron chi connectivity index (χ2n) is 4.69. The zero-order valence-corrected chi connectivity index (χ0v) is 11.7. The molecular weight excluding hydrogens is 238 g/mol. The third-order valence-electron chi connectivity index (χ3n) is 3.31. The molecule has 3 heteroatoms. The van der Waals surface area contributed by atoms with Crippen LogP contribution in [0.1, 0.15) is 12.5 Å². The summed E-state index contributed by atoms with van der Waals surface area (Å²) in [5, 5.41) is 5.95. The van der Waals surface area contributed by atoms with Crippen LogP contribution in [0.15, 0.2) is 42.5 Å². The van der Waals surface area contributed by atoms with Crippen LogP contribution in [0, 0.1) is 0 Å². The van der Waals surface area contributed by atoms with Gasteiger partial charge in [-0.15, -0.1) is 0 Å². The van der Waals surface area contributed by atoms with Crippen LogP contribution in [0.5, 0.6) is 0 Å². The molecule has 2 aromatic carbocycles. The number of ether oxygens (including phenoxy) is 2. The van der Waals surface area contributed by atoms with Gasteiger partial charge in [0.15, 0.2) is 6.29 Å². The molecule has 0 heterocycles. The van der Waals surface area contributed by atoms with Crippen molar-refractivity contribution in [3.8, 4) is 0 Å². The largest absolute Gasteiger partial charge is 0.354 e. The summed E-state index contributed by atoms with van der Waals surface area (Å²) >= 11 is 0. The van der Waals surface area contributed by atoms with E-state index in [4.69, 9.17) is 9.47 Å². The smallest absolute Gasteiger partial charge is 0.171 e. The molecule has 102 valence electrons. The fraction of sp³-hybridized carbons (Fsp3) is 0.375. The first-order valence-electron chi connectivity index (χ1n) is 6.51. The van der Waals surface area contributed by atoms with E-state index < -0.39 is 0 Å². The lowest BCUT2D eigenvalue weighted by Gasteiger charge is -2.22. The summed E-state index contributed by atoms with van der Waals surface area (Å²) in [5.41, 5.74) is 1.26. The topological polar surface area (TPSA) is 30.5 Å². The minimum atomic E-state index is -0.222. The Morgan fingerprint density at radius 3 is 2.37 bits per heavy atom. The van der Waals surface area contributed by atoms with Crippen LogP contribution in [0.25, 0.3) is 10.8 Å². The molecule has 0 aliphatic rings. The Kier molecular flexibility index (Phi) is 4.91. The average Bonchev–Trinajstić information content (AvgIpc) is 2.46. The van der Waals surface area contributed by atoms with Gasteiger partial charge in [-0.05, 0) is 29.3 Å². The van der Waals surface area contributed by atoms with Gasteiger partial charge in [-0.25, -0.2) is 0 Å². The lowest BCUT2D eigenvalue weighted by molar-refractivity contribution is -0.119. The number of hydrogen-bond acceptors (Lipinski definition) is 3. The van der Waals surface area contributed by atoms with Crippen molar-refractivity contribution in [2.75, 3.05) is 14.2 Å². The molecule has 0 aliphatic heterocycles. The van der Waals surface area contributed by atoms with Gasteiger partial charge in [0.2, 0.25) is 0 Å². The molecule has 2 rings (SSSR count). The highest BCUT2D eigenvalue weighted by atomic mass is 16.7. The molecule has 0 saturated heterocycles. The number of nitrogens with one attached hydrogen (secondary N) is 1. The van der Waals surface area contributed by atoms with E-state index in [9.17, 15) is 0 Å². The Morgan fingerprint density at radius 2 is 1.68 bits per heavy atom. The summed E-state index contributed by atoms with van der Waals surface area (Å²) in [6.45, 7) is 2.86. The minimum Gasteiger partial charge on any atom is -0.354 e. The van der Waals surface area contributed by atoms with Gasteiger partial charge in [-0.1, -0.05) is 36.4 Å². The molecule has 0 bridgehead atoms. The maximum absolute atomic E-state index is 5.24. The second-order valence-corrected chi connectivity index (χ2v) is 4.69. The van der Waals surface area contributed by atoms with Crippen molar-refractivity contribution >= 4 is 10.8 Å². The van der Waals surface area contributed by atoms with Crippen LogP contribution in [0.4, 0.5) is 0 Å². The molecule has 0 radical (unpaired) electrons. The standard InChI is InChI=1S/C16H21NO2/c1-12(16(18-2)19-3)17-11-13-8-9-14-6-4-5-7-15(14)10-13/h4-10,12,16-17H,11H2,1-3H3. The van der Waals surface area contributed by atoms with Crippen LogP contribution in [0.3, 0.4) is 0 Å². The van der Waals surface area contributed by atoms with E-state index in [0.717, 1.165) is 6.54 Å². The van der Waals surface area contributed by atoms with Crippen molar-refractivity contribution in [2.45, 2.75) is 25.8 Å². The molecule has 0 fully saturated rings. The van der Waals surface area contributed by atoms with Crippen molar-refractivity contribution in [1.29, 1.82) is 0 Å². The van der Waals surface area contributed by atoms with E-state index in [1.54, 1.807) is 14.2 Å². The van der Waals surface area contributed by atoms with Gasteiger partial charge in [0.05, 0.1) is 6.04 Å². The highest BCUT2D eigenvalue weighted by Gasteiger charge is 2.14. The summed E-state index contributed by atoms with van der Waals surface area (Å²) in [4.78, 5) is 0. The summed E-state index contributed by atoms with van der Waals surface area (Å²) < 4.78 is 10.5. The van der Waals surface area contributed by atoms with E-state index in [1.807, 2.05) is 0 Å². The molecule has 0 aromatic heterocycles. The zero-order chi connectivity index (χ0) is 13.7. The third-order valence-corrected chi connectivity index (χ3v) is 3.31. The highest BCUT2D eigenvalue weighted by Crippen LogP contribution is 2.15. The molecule has 3 nitrogen and oxygen atoms in total. The van der Waals surface area contributed by atoms with E-state index in [0.29, 0.717) is 0 Å². The molecular formula is C16H21NO2. The van der Waals surface area contributed by atoms with Gasteiger partial charge in [0.25, 0.3) is 0 Å². The van der Waals surface area contributed by atoms with Gasteiger partial charge < -0.3 is 14.8 Å². The molecule has 0 spiro atoms. The van der Waals surface area contributed by atoms with Crippen molar-refractivity contribution in [3.05, 3.63) is 48.0 Å². The van der Waals surface area contributed by atoms with Crippen molar-refractivity contribution in [3.63, 3.8) is 0 Å². The number of fused-ring (bicyclic) bond motifs is 1. The zero-order valence-electron chi connectivity index (χ0n) is 11.7. The fourth-order valence-electron chi connectivity index (χ4n) is 2.23. The lowest BCUT2D eigenvalue weighted by Crippen LogP contribution is -2.39. The number of benzene rings is 2. The summed E-state index contributed by atoms with van der Waals surface area (Å²) in [7, 11) is 3.31. The Hall–Kier alpha value is -1.42. The van der Waals surface area contributed by atoms with Crippen LogP contribution < -0.4 is 5.32 Å². The highest BCUT2D eigenvalue weighted by molar-refractivity contribution is 5.82. The normalized spacial score (nSPS) is 13.1. The van der Waals surface area contributed by atoms with Gasteiger partial charge in [-0.2, -0.15) is 0 Å². The molecule has 2 aromatic rings. The lowest BCUT2D eigenvalue weighted by atomic mass is 10.1. The first-order chi connectivity index (χ1) is 9.24. The van der Waals surface area contributed by atoms with E-state index in [1.165, 1.54) is 16.3 Å². The molecule has 19 heavy (non-hydrogen) atoms. The van der Waals surface area contributed by atoms with Crippen LogP contribution in [-0.2, 0) is 16.0 Å². The summed E-state index contributed by atoms with van der Waals surface area (Å²) in [6, 6.07) is 15.0. The van der Waals surface area contributed by atoms with Crippen molar-refractivity contribution < 1.29 is 9.47 Å². The van der Waals surface area contributed by atoms with Gasteiger partial charge in [0, 0.05) is 20.8 Å². The third kappa shape index (κ3) is 3.53. The molecule has 1 N–H and O–H groups in total. The predicted octanol–water partition coefficient (Wildman–Crippen LogP) is 2.94. The molecule has 0 aliphatic carbocycles. The average molecular weight is 259 g/mol. The van der Waals surface area contributed by atoms with Crippen molar-refractivity contribution in [2.24, 2.45) is 0 Å². The van der Waals surface area contributed by atoms with E-state index in [2.05, 4.69) is 54.7 Å². The maximum Gasteiger partial charge on any atom is 0.171 e. The predicted molar refractivity (Wildman–Crippen MR) is 78.1 cm³/mol. The Morgan fingerprint density at radius 1 is 1.00 bits per heavy atom. The molecule has 1 atom stereocenters. The van der Waals surface area contributed by atoms with E-state index in [-0.39, 0.29) is 12.3 Å². The van der Waals surface area contributed by atoms with Gasteiger partial charge in [-0.3, -0.25) is 0 Å². The van der Waals surface area contributed by atoms with Crippen molar-refractivity contribution in [1.82, 2.24) is 5.32 Å². The summed E-state index contributed by atoms with van der Waals surface area (Å²) in [5.74, 6) is 0. The van der Waals surface area contributed by atoms with E-state index >= 15 is 0 Å². The summed E-state index contributed by atoms with van der Waals surface area (Å²) in [6.07, 6.45) is -0.222. The monoisotopic (exact) mass is 259 g/mol. The number of hydrogen-bond donors (Lipinski definition) is 1. The van der Waals surface area contributed by atoms with Crippen LogP contribution in [-0.4, -0.2) is 26.6 Å². The Bertz CT molecular complexity index is 523. The quantitative estimate of drug-likeness (QED) is 0.809. The van der Waals surface area contributed by atoms with Crippen LogP contribution in [0.2, 0.25) is 0 Å². The molecule has 0 amide bonds. The maximum atomic E-state index is 5.24. The molecule has 0 saturated carbocycles. The number of methoxy groups -OCH3 is 2. The SMILES string of the molecule is COC(OC)C(C)NCc1ccc2ccccc2c1.